The lowest BCUT2D eigenvalue weighted by Crippen LogP contribution is -2.28. The van der Waals surface area contributed by atoms with Crippen LogP contribution in [0.15, 0.2) is 0 Å². The number of rotatable bonds is 11. The van der Waals surface area contributed by atoms with Crippen LogP contribution in [0.4, 0.5) is 0 Å². The summed E-state index contributed by atoms with van der Waals surface area (Å²) in [5, 5.41) is 0. The Kier molecular flexibility index (Phi) is 11.9. The average Bonchev–Trinajstić information content (AvgIpc) is 2.47. The summed E-state index contributed by atoms with van der Waals surface area (Å²) < 4.78 is 20.9. The van der Waals surface area contributed by atoms with Gasteiger partial charge in [-0.2, -0.15) is 25.3 Å². The van der Waals surface area contributed by atoms with E-state index in [0.29, 0.717) is 6.61 Å². The molecule has 0 spiro atoms. The fourth-order valence-electron chi connectivity index (χ4n) is 1.25. The second-order valence-electron chi connectivity index (χ2n) is 4.59. The average molecular weight is 340 g/mol. The van der Waals surface area contributed by atoms with Gasteiger partial charge >= 0.3 is 11.9 Å². The van der Waals surface area contributed by atoms with Gasteiger partial charge in [-0.25, -0.2) is 0 Å². The second-order valence-corrected chi connectivity index (χ2v) is 5.22. The first-order chi connectivity index (χ1) is 9.88. The lowest BCUT2D eigenvalue weighted by Gasteiger charge is -2.19. The lowest BCUT2D eigenvalue weighted by molar-refractivity contribution is -0.151. The van der Waals surface area contributed by atoms with Crippen molar-refractivity contribution in [3.05, 3.63) is 0 Å². The van der Waals surface area contributed by atoms with Crippen molar-refractivity contribution in [3.63, 3.8) is 0 Å². The van der Waals surface area contributed by atoms with E-state index in [1.54, 1.807) is 13.8 Å². The summed E-state index contributed by atoms with van der Waals surface area (Å²) in [7, 11) is 0. The van der Waals surface area contributed by atoms with Crippen LogP contribution in [0.5, 0.6) is 0 Å². The zero-order chi connectivity index (χ0) is 16.3. The molecule has 124 valence electrons. The van der Waals surface area contributed by atoms with E-state index in [1.807, 2.05) is 6.92 Å². The van der Waals surface area contributed by atoms with E-state index in [-0.39, 0.29) is 55.0 Å². The van der Waals surface area contributed by atoms with E-state index in [2.05, 4.69) is 25.3 Å². The van der Waals surface area contributed by atoms with E-state index < -0.39 is 0 Å². The Morgan fingerprint density at radius 3 is 1.81 bits per heavy atom. The summed E-state index contributed by atoms with van der Waals surface area (Å²) in [6.45, 7) is 6.21. The minimum atomic E-state index is -0.377. The molecule has 0 aliphatic carbocycles. The Balaban J connectivity index is 3.72. The number of hydrogen-bond donors (Lipinski definition) is 2. The van der Waals surface area contributed by atoms with Crippen molar-refractivity contribution in [2.24, 2.45) is 0 Å². The number of ether oxygens (including phenoxy) is 4. The fraction of sp³-hybridized carbons (Fsp3) is 0.846. The molecule has 0 aromatic rings. The number of carbonyl (C=O) groups is 2. The normalized spacial score (nSPS) is 15.1. The zero-order valence-corrected chi connectivity index (χ0v) is 14.4. The van der Waals surface area contributed by atoms with Gasteiger partial charge in [0.25, 0.3) is 0 Å². The number of thiol groups is 2. The monoisotopic (exact) mass is 340 g/mol. The largest absolute Gasteiger partial charge is 0.462 e. The molecule has 0 heterocycles. The maximum absolute atomic E-state index is 11.0. The third-order valence-electron chi connectivity index (χ3n) is 2.30. The highest BCUT2D eigenvalue weighted by molar-refractivity contribution is 7.81. The van der Waals surface area contributed by atoms with Crippen LogP contribution in [0.1, 0.15) is 20.8 Å². The molecule has 0 saturated heterocycles. The van der Waals surface area contributed by atoms with Crippen LogP contribution in [0.2, 0.25) is 0 Å². The minimum absolute atomic E-state index is 0.0471. The maximum Gasteiger partial charge on any atom is 0.315 e. The van der Waals surface area contributed by atoms with Gasteiger partial charge in [-0.15, -0.1) is 0 Å². The van der Waals surface area contributed by atoms with Crippen molar-refractivity contribution >= 4 is 37.2 Å². The molecule has 0 aromatic carbocycles. The molecule has 0 saturated carbocycles. The molecule has 0 aliphatic heterocycles. The van der Waals surface area contributed by atoms with Crippen molar-refractivity contribution in [3.8, 4) is 0 Å². The first-order valence-corrected chi connectivity index (χ1v) is 7.95. The van der Waals surface area contributed by atoms with Crippen molar-refractivity contribution < 1.29 is 28.5 Å². The highest BCUT2D eigenvalue weighted by atomic mass is 32.1. The summed E-state index contributed by atoms with van der Waals surface area (Å²) in [6.07, 6.45) is -0.717. The molecule has 0 aromatic heterocycles. The Labute approximate surface area is 136 Å². The number of carbonyl (C=O) groups excluding carboxylic acids is 2. The molecule has 0 radical (unpaired) electrons. The molecule has 0 bridgehead atoms. The molecule has 21 heavy (non-hydrogen) atoms. The highest BCUT2D eigenvalue weighted by Crippen LogP contribution is 2.01. The van der Waals surface area contributed by atoms with Crippen molar-refractivity contribution in [2.45, 2.75) is 39.1 Å². The van der Waals surface area contributed by atoms with Gasteiger partial charge in [0.2, 0.25) is 0 Å². The molecule has 0 amide bonds. The van der Waals surface area contributed by atoms with Gasteiger partial charge in [0, 0.05) is 0 Å². The first-order valence-electron chi connectivity index (χ1n) is 6.69. The smallest absolute Gasteiger partial charge is 0.315 e. The van der Waals surface area contributed by atoms with E-state index in [4.69, 9.17) is 18.9 Å². The summed E-state index contributed by atoms with van der Waals surface area (Å²) in [5.41, 5.74) is 0. The summed E-state index contributed by atoms with van der Waals surface area (Å²) in [4.78, 5) is 21.9. The number of esters is 2. The van der Waals surface area contributed by atoms with Gasteiger partial charge in [0.15, 0.2) is 0 Å². The van der Waals surface area contributed by atoms with Gasteiger partial charge in [-0.1, -0.05) is 0 Å². The highest BCUT2D eigenvalue weighted by Gasteiger charge is 2.12. The molecular formula is C13H24O6S2. The van der Waals surface area contributed by atoms with Crippen molar-refractivity contribution in [1.82, 2.24) is 0 Å². The molecule has 3 atom stereocenters. The molecule has 6 nitrogen and oxygen atoms in total. The number of hydrogen-bond acceptors (Lipinski definition) is 8. The van der Waals surface area contributed by atoms with Crippen molar-refractivity contribution in [1.29, 1.82) is 0 Å². The minimum Gasteiger partial charge on any atom is -0.462 e. The Hall–Kier alpha value is -0.440. The maximum atomic E-state index is 11.0. The van der Waals surface area contributed by atoms with Crippen LogP contribution < -0.4 is 0 Å². The van der Waals surface area contributed by atoms with E-state index >= 15 is 0 Å². The molecule has 0 fully saturated rings. The zero-order valence-electron chi connectivity index (χ0n) is 12.6. The third-order valence-corrected chi connectivity index (χ3v) is 2.82. The van der Waals surface area contributed by atoms with Gasteiger partial charge < -0.3 is 18.9 Å². The third kappa shape index (κ3) is 11.9. The van der Waals surface area contributed by atoms with Crippen molar-refractivity contribution in [2.75, 3.05) is 31.3 Å². The summed E-state index contributed by atoms with van der Waals surface area (Å²) in [5.74, 6) is -0.656. The van der Waals surface area contributed by atoms with E-state index in [1.165, 1.54) is 0 Å². The van der Waals surface area contributed by atoms with E-state index in [9.17, 15) is 9.59 Å². The molecule has 3 unspecified atom stereocenters. The van der Waals surface area contributed by atoms with Gasteiger partial charge in [0.1, 0.15) is 12.7 Å². The molecule has 0 aliphatic rings. The SMILES string of the molecule is CC(COC(=O)CS)OCC(C)OCC(C)OC(=O)CS. The van der Waals surface area contributed by atoms with Gasteiger partial charge in [0.05, 0.1) is 36.9 Å². The first kappa shape index (κ1) is 20.6. The Morgan fingerprint density at radius 2 is 1.29 bits per heavy atom. The summed E-state index contributed by atoms with van der Waals surface area (Å²) >= 11 is 7.62. The Bertz CT molecular complexity index is 313. The second kappa shape index (κ2) is 12.1. The Morgan fingerprint density at radius 1 is 0.810 bits per heavy atom. The molecule has 8 heteroatoms. The molecule has 0 N–H and O–H groups in total. The predicted octanol–water partition coefficient (Wildman–Crippen LogP) is 1.13. The quantitative estimate of drug-likeness (QED) is 0.434. The predicted molar refractivity (Wildman–Crippen MR) is 85.0 cm³/mol. The van der Waals surface area contributed by atoms with Crippen LogP contribution in [0.3, 0.4) is 0 Å². The van der Waals surface area contributed by atoms with Gasteiger partial charge in [-0.05, 0) is 20.8 Å². The van der Waals surface area contributed by atoms with Crippen LogP contribution >= 0.6 is 25.3 Å². The van der Waals surface area contributed by atoms with Crippen LogP contribution in [-0.2, 0) is 28.5 Å². The van der Waals surface area contributed by atoms with Crippen LogP contribution in [0.25, 0.3) is 0 Å². The lowest BCUT2D eigenvalue weighted by atomic mass is 10.4. The van der Waals surface area contributed by atoms with Crippen LogP contribution in [0, 0.1) is 0 Å². The van der Waals surface area contributed by atoms with E-state index in [0.717, 1.165) is 0 Å². The van der Waals surface area contributed by atoms with Crippen LogP contribution in [-0.4, -0.2) is 61.6 Å². The standard InChI is InChI=1S/C13H24O6S2/c1-9(17-6-11(3)19-13(15)8-21)4-16-10(2)5-18-12(14)7-20/h9-11,20-21H,4-8H2,1-3H3. The fourth-order valence-corrected chi connectivity index (χ4v) is 1.41. The topological polar surface area (TPSA) is 71.1 Å². The van der Waals surface area contributed by atoms with Gasteiger partial charge in [-0.3, -0.25) is 9.59 Å². The molecule has 0 rings (SSSR count). The summed E-state index contributed by atoms with van der Waals surface area (Å²) in [6, 6.07) is 0. The molecular weight excluding hydrogens is 316 g/mol.